The summed E-state index contributed by atoms with van der Waals surface area (Å²) < 4.78 is 5.28. The van der Waals surface area contributed by atoms with Gasteiger partial charge < -0.3 is 9.73 Å². The summed E-state index contributed by atoms with van der Waals surface area (Å²) in [6, 6.07) is 12.8. The van der Waals surface area contributed by atoms with Crippen LogP contribution in [0.5, 0.6) is 0 Å². The second kappa shape index (κ2) is 7.02. The van der Waals surface area contributed by atoms with E-state index in [1.165, 1.54) is 0 Å². The lowest BCUT2D eigenvalue weighted by Gasteiger charge is -2.06. The van der Waals surface area contributed by atoms with Crippen LogP contribution >= 0.6 is 0 Å². The molecule has 4 heterocycles. The lowest BCUT2D eigenvalue weighted by Crippen LogP contribution is -2.23. The van der Waals surface area contributed by atoms with Gasteiger partial charge in [-0.15, -0.1) is 0 Å². The van der Waals surface area contributed by atoms with Gasteiger partial charge in [0.2, 0.25) is 0 Å². The Balaban J connectivity index is 1.43. The van der Waals surface area contributed by atoms with Gasteiger partial charge in [-0.05, 0) is 42.0 Å². The highest BCUT2D eigenvalue weighted by Gasteiger charge is 2.12. The molecule has 0 atom stereocenters. The van der Waals surface area contributed by atoms with E-state index < -0.39 is 0 Å². The standard InChI is InChI=1S/C19H15N5O2/c25-19(17-11-16(23-24-17)18-2-1-9-26-18)22-12-13-3-8-21-15(10-13)14-4-6-20-7-5-14/h1-11H,12H2,(H,22,25)(H,23,24). The topological polar surface area (TPSA) is 96.7 Å². The summed E-state index contributed by atoms with van der Waals surface area (Å²) in [5.74, 6) is 0.369. The third-order valence-corrected chi connectivity index (χ3v) is 3.85. The third-order valence-electron chi connectivity index (χ3n) is 3.85. The van der Waals surface area contributed by atoms with E-state index in [1.54, 1.807) is 43.1 Å². The number of furan rings is 1. The van der Waals surface area contributed by atoms with Gasteiger partial charge in [-0.25, -0.2) is 0 Å². The van der Waals surface area contributed by atoms with Gasteiger partial charge in [0.05, 0.1) is 12.0 Å². The summed E-state index contributed by atoms with van der Waals surface area (Å²) in [4.78, 5) is 20.7. The SMILES string of the molecule is O=C(NCc1ccnc(-c2ccncc2)c1)c1cc(-c2ccco2)[nH]n1. The lowest BCUT2D eigenvalue weighted by molar-refractivity contribution is 0.0946. The molecule has 0 fully saturated rings. The molecule has 0 unspecified atom stereocenters. The Morgan fingerprint density at radius 1 is 1.12 bits per heavy atom. The Morgan fingerprint density at radius 3 is 2.81 bits per heavy atom. The zero-order valence-corrected chi connectivity index (χ0v) is 13.7. The van der Waals surface area contributed by atoms with Crippen LogP contribution in [0.1, 0.15) is 16.1 Å². The fourth-order valence-corrected chi connectivity index (χ4v) is 2.53. The number of nitrogens with zero attached hydrogens (tertiary/aromatic N) is 3. The first kappa shape index (κ1) is 15.8. The van der Waals surface area contributed by atoms with Crippen LogP contribution in [-0.4, -0.2) is 26.1 Å². The average Bonchev–Trinajstić information content (AvgIpc) is 3.38. The molecule has 2 N–H and O–H groups in total. The molecule has 0 radical (unpaired) electrons. The number of nitrogens with one attached hydrogen (secondary N) is 2. The van der Waals surface area contributed by atoms with Crippen LogP contribution in [0.3, 0.4) is 0 Å². The number of hydrogen-bond donors (Lipinski definition) is 2. The molecular weight excluding hydrogens is 330 g/mol. The number of rotatable bonds is 5. The van der Waals surface area contributed by atoms with Crippen molar-refractivity contribution in [2.24, 2.45) is 0 Å². The molecule has 1 amide bonds. The van der Waals surface area contributed by atoms with Crippen LogP contribution in [0.15, 0.2) is 71.7 Å². The number of pyridine rings is 2. The van der Waals surface area contributed by atoms with Crippen molar-refractivity contribution in [2.45, 2.75) is 6.54 Å². The zero-order chi connectivity index (χ0) is 17.8. The van der Waals surface area contributed by atoms with E-state index in [9.17, 15) is 4.79 Å². The van der Waals surface area contributed by atoms with Gasteiger partial charge >= 0.3 is 0 Å². The molecule has 0 aliphatic carbocycles. The Labute approximate surface area is 149 Å². The van der Waals surface area contributed by atoms with Crippen molar-refractivity contribution in [3.63, 3.8) is 0 Å². The quantitative estimate of drug-likeness (QED) is 0.579. The normalized spacial score (nSPS) is 10.6. The Kier molecular flexibility index (Phi) is 4.26. The second-order valence-electron chi connectivity index (χ2n) is 5.61. The van der Waals surface area contributed by atoms with Crippen molar-refractivity contribution in [3.05, 3.63) is 78.6 Å². The number of H-pyrrole nitrogens is 1. The highest BCUT2D eigenvalue weighted by atomic mass is 16.3. The molecule has 7 heteroatoms. The molecule has 0 aromatic carbocycles. The first-order valence-corrected chi connectivity index (χ1v) is 8.02. The van der Waals surface area contributed by atoms with Crippen LogP contribution in [-0.2, 0) is 6.54 Å². The van der Waals surface area contributed by atoms with E-state index in [-0.39, 0.29) is 5.91 Å². The number of hydrogen-bond acceptors (Lipinski definition) is 5. The predicted octanol–water partition coefficient (Wildman–Crippen LogP) is 3.06. The van der Waals surface area contributed by atoms with Gasteiger partial charge in [0, 0.05) is 36.8 Å². The molecule has 0 aliphatic rings. The fourth-order valence-electron chi connectivity index (χ4n) is 2.53. The molecular formula is C19H15N5O2. The lowest BCUT2D eigenvalue weighted by atomic mass is 10.1. The van der Waals surface area contributed by atoms with Gasteiger partial charge in [0.1, 0.15) is 5.69 Å². The summed E-state index contributed by atoms with van der Waals surface area (Å²) in [6.07, 6.45) is 6.74. The molecule has 0 aliphatic heterocycles. The maximum Gasteiger partial charge on any atom is 0.272 e. The van der Waals surface area contributed by atoms with Crippen LogP contribution < -0.4 is 5.32 Å². The largest absolute Gasteiger partial charge is 0.463 e. The number of amides is 1. The van der Waals surface area contributed by atoms with Crippen molar-refractivity contribution in [3.8, 4) is 22.7 Å². The Hall–Kier alpha value is -3.74. The minimum atomic E-state index is -0.263. The van der Waals surface area contributed by atoms with Crippen molar-refractivity contribution in [1.29, 1.82) is 0 Å². The average molecular weight is 345 g/mol. The minimum absolute atomic E-state index is 0.263. The third kappa shape index (κ3) is 3.36. The maximum absolute atomic E-state index is 12.3. The number of carbonyl (C=O) groups excluding carboxylic acids is 1. The van der Waals surface area contributed by atoms with Gasteiger partial charge in [0.15, 0.2) is 11.5 Å². The van der Waals surface area contributed by atoms with Crippen molar-refractivity contribution < 1.29 is 9.21 Å². The molecule has 26 heavy (non-hydrogen) atoms. The molecule has 0 saturated carbocycles. The highest BCUT2D eigenvalue weighted by molar-refractivity contribution is 5.93. The van der Waals surface area contributed by atoms with Crippen molar-refractivity contribution >= 4 is 5.91 Å². The maximum atomic E-state index is 12.3. The first-order chi connectivity index (χ1) is 12.8. The molecule has 7 nitrogen and oxygen atoms in total. The van der Waals surface area contributed by atoms with Gasteiger partial charge in [0.25, 0.3) is 5.91 Å². The fraction of sp³-hybridized carbons (Fsp3) is 0.0526. The van der Waals surface area contributed by atoms with Crippen LogP contribution in [0, 0.1) is 0 Å². The number of aromatic amines is 1. The Morgan fingerprint density at radius 2 is 2.00 bits per heavy atom. The van der Waals surface area contributed by atoms with E-state index in [0.29, 0.717) is 23.7 Å². The molecule has 0 saturated heterocycles. The van der Waals surface area contributed by atoms with Gasteiger partial charge in [-0.3, -0.25) is 19.9 Å². The van der Waals surface area contributed by atoms with Crippen molar-refractivity contribution in [1.82, 2.24) is 25.5 Å². The van der Waals surface area contributed by atoms with E-state index in [1.807, 2.05) is 24.3 Å². The second-order valence-corrected chi connectivity index (χ2v) is 5.61. The summed E-state index contributed by atoms with van der Waals surface area (Å²) in [6.45, 7) is 0.377. The van der Waals surface area contributed by atoms with E-state index in [2.05, 4.69) is 25.5 Å². The summed E-state index contributed by atoms with van der Waals surface area (Å²) >= 11 is 0. The monoisotopic (exact) mass is 345 g/mol. The minimum Gasteiger partial charge on any atom is -0.463 e. The van der Waals surface area contributed by atoms with Crippen LogP contribution in [0.25, 0.3) is 22.7 Å². The molecule has 4 rings (SSSR count). The first-order valence-electron chi connectivity index (χ1n) is 8.02. The summed E-state index contributed by atoms with van der Waals surface area (Å²) in [5, 5.41) is 9.69. The molecule has 128 valence electrons. The highest BCUT2D eigenvalue weighted by Crippen LogP contribution is 2.18. The smallest absolute Gasteiger partial charge is 0.272 e. The van der Waals surface area contributed by atoms with Crippen molar-refractivity contribution in [2.75, 3.05) is 0 Å². The number of carbonyl (C=O) groups is 1. The predicted molar refractivity (Wildman–Crippen MR) is 94.9 cm³/mol. The van der Waals surface area contributed by atoms with Crippen LogP contribution in [0.2, 0.25) is 0 Å². The molecule has 4 aromatic heterocycles. The molecule has 0 bridgehead atoms. The summed E-state index contributed by atoms with van der Waals surface area (Å²) in [7, 11) is 0. The number of aromatic nitrogens is 4. The van der Waals surface area contributed by atoms with Crippen LogP contribution in [0.4, 0.5) is 0 Å². The van der Waals surface area contributed by atoms with E-state index >= 15 is 0 Å². The molecule has 0 spiro atoms. The van der Waals surface area contributed by atoms with Gasteiger partial charge in [-0.2, -0.15) is 5.10 Å². The molecule has 4 aromatic rings. The van der Waals surface area contributed by atoms with E-state index in [0.717, 1.165) is 16.8 Å². The summed E-state index contributed by atoms with van der Waals surface area (Å²) in [5.41, 5.74) is 3.72. The zero-order valence-electron chi connectivity index (χ0n) is 13.7. The Bertz CT molecular complexity index is 1010. The van der Waals surface area contributed by atoms with Gasteiger partial charge in [-0.1, -0.05) is 0 Å². The van der Waals surface area contributed by atoms with E-state index in [4.69, 9.17) is 4.42 Å².